The molecule has 1 N–H and O–H groups in total. The van der Waals surface area contributed by atoms with Gasteiger partial charge in [-0.3, -0.25) is 0 Å². The Morgan fingerprint density at radius 1 is 1.00 bits per heavy atom. The van der Waals surface area contributed by atoms with Crippen LogP contribution in [-0.2, 0) is 13.2 Å². The summed E-state index contributed by atoms with van der Waals surface area (Å²) >= 11 is 1.71. The first kappa shape index (κ1) is 14.0. The highest BCUT2D eigenvalue weighted by atomic mass is 32.2. The molecule has 0 saturated heterocycles. The van der Waals surface area contributed by atoms with Gasteiger partial charge in [0.05, 0.1) is 0 Å². The van der Waals surface area contributed by atoms with Crippen molar-refractivity contribution < 1.29 is 4.74 Å². The number of rotatable bonds is 6. The van der Waals surface area contributed by atoms with Crippen molar-refractivity contribution in [3.63, 3.8) is 0 Å². The van der Waals surface area contributed by atoms with Crippen molar-refractivity contribution in [2.75, 3.05) is 13.3 Å². The molecule has 0 aliphatic rings. The van der Waals surface area contributed by atoms with Crippen LogP contribution in [-0.4, -0.2) is 13.3 Å². The summed E-state index contributed by atoms with van der Waals surface area (Å²) in [6.07, 6.45) is 2.07. The molecule has 0 fully saturated rings. The standard InChI is InChI=1S/C16H19NOS/c1-17-11-13-7-3-4-8-14(13)12-18-15-9-5-6-10-16(15)19-2/h3-10,17H,11-12H2,1-2H3. The summed E-state index contributed by atoms with van der Waals surface area (Å²) in [6, 6.07) is 16.5. The Hall–Kier alpha value is -1.45. The Labute approximate surface area is 119 Å². The first-order chi connectivity index (χ1) is 9.35. The molecule has 3 heteroatoms. The SMILES string of the molecule is CNCc1ccccc1COc1ccccc1SC. The van der Waals surface area contributed by atoms with Crippen LogP contribution in [0.5, 0.6) is 5.75 Å². The third-order valence-corrected chi connectivity index (χ3v) is 3.71. The van der Waals surface area contributed by atoms with Gasteiger partial charge >= 0.3 is 0 Å². The average molecular weight is 273 g/mol. The van der Waals surface area contributed by atoms with Crippen molar-refractivity contribution in [1.82, 2.24) is 5.32 Å². The molecule has 0 spiro atoms. The molecule has 0 saturated carbocycles. The van der Waals surface area contributed by atoms with Crippen LogP contribution in [0.2, 0.25) is 0 Å². The van der Waals surface area contributed by atoms with E-state index in [1.807, 2.05) is 25.2 Å². The predicted octanol–water partition coefficient (Wildman–Crippen LogP) is 3.71. The number of thioether (sulfide) groups is 1. The Kier molecular flexibility index (Phi) is 5.31. The minimum Gasteiger partial charge on any atom is -0.488 e. The highest BCUT2D eigenvalue weighted by Crippen LogP contribution is 2.27. The molecule has 0 aliphatic heterocycles. The van der Waals surface area contributed by atoms with Crippen LogP contribution < -0.4 is 10.1 Å². The van der Waals surface area contributed by atoms with Gasteiger partial charge in [-0.1, -0.05) is 36.4 Å². The van der Waals surface area contributed by atoms with Gasteiger partial charge in [-0.25, -0.2) is 0 Å². The molecule has 100 valence electrons. The maximum Gasteiger partial charge on any atom is 0.133 e. The van der Waals surface area contributed by atoms with Gasteiger partial charge in [0.2, 0.25) is 0 Å². The number of ether oxygens (including phenoxy) is 1. The van der Waals surface area contributed by atoms with Crippen LogP contribution in [0.3, 0.4) is 0 Å². The lowest BCUT2D eigenvalue weighted by Gasteiger charge is -2.12. The summed E-state index contributed by atoms with van der Waals surface area (Å²) in [7, 11) is 1.96. The fourth-order valence-electron chi connectivity index (χ4n) is 1.95. The summed E-state index contributed by atoms with van der Waals surface area (Å²) in [4.78, 5) is 1.17. The molecule has 0 unspecified atom stereocenters. The van der Waals surface area contributed by atoms with E-state index in [4.69, 9.17) is 4.74 Å². The first-order valence-corrected chi connectivity index (χ1v) is 7.55. The van der Waals surface area contributed by atoms with Gasteiger partial charge in [-0.15, -0.1) is 11.8 Å². The van der Waals surface area contributed by atoms with Gasteiger partial charge in [0.1, 0.15) is 12.4 Å². The second-order valence-corrected chi connectivity index (χ2v) is 5.09. The maximum atomic E-state index is 5.95. The molecule has 2 nitrogen and oxygen atoms in total. The van der Waals surface area contributed by atoms with Crippen molar-refractivity contribution in [1.29, 1.82) is 0 Å². The lowest BCUT2D eigenvalue weighted by molar-refractivity contribution is 0.297. The molecule has 0 atom stereocenters. The van der Waals surface area contributed by atoms with E-state index in [1.165, 1.54) is 16.0 Å². The van der Waals surface area contributed by atoms with Crippen LogP contribution in [0.4, 0.5) is 0 Å². The Morgan fingerprint density at radius 3 is 2.42 bits per heavy atom. The van der Waals surface area contributed by atoms with Crippen LogP contribution in [0, 0.1) is 0 Å². The van der Waals surface area contributed by atoms with E-state index in [9.17, 15) is 0 Å². The summed E-state index contributed by atoms with van der Waals surface area (Å²) < 4.78 is 5.95. The molecule has 0 aliphatic carbocycles. The highest BCUT2D eigenvalue weighted by molar-refractivity contribution is 7.98. The Bertz CT molecular complexity index is 528. The zero-order chi connectivity index (χ0) is 13.5. The second-order valence-electron chi connectivity index (χ2n) is 4.24. The monoisotopic (exact) mass is 273 g/mol. The molecule has 0 aromatic heterocycles. The predicted molar refractivity (Wildman–Crippen MR) is 81.8 cm³/mol. The third kappa shape index (κ3) is 3.75. The van der Waals surface area contributed by atoms with Crippen LogP contribution in [0.1, 0.15) is 11.1 Å². The van der Waals surface area contributed by atoms with E-state index in [0.717, 1.165) is 12.3 Å². The van der Waals surface area contributed by atoms with Crippen LogP contribution in [0.25, 0.3) is 0 Å². The normalized spacial score (nSPS) is 10.4. The Morgan fingerprint density at radius 2 is 1.68 bits per heavy atom. The number of benzene rings is 2. The van der Waals surface area contributed by atoms with E-state index in [-0.39, 0.29) is 0 Å². The second kappa shape index (κ2) is 7.22. The zero-order valence-electron chi connectivity index (χ0n) is 11.3. The molecule has 0 bridgehead atoms. The molecule has 2 aromatic rings. The molecule has 19 heavy (non-hydrogen) atoms. The quantitative estimate of drug-likeness (QED) is 0.811. The van der Waals surface area contributed by atoms with Crippen molar-refractivity contribution in [2.24, 2.45) is 0 Å². The van der Waals surface area contributed by atoms with Crippen molar-refractivity contribution in [2.45, 2.75) is 18.0 Å². The highest BCUT2D eigenvalue weighted by Gasteiger charge is 2.04. The van der Waals surface area contributed by atoms with E-state index in [0.29, 0.717) is 6.61 Å². The molecular weight excluding hydrogens is 254 g/mol. The summed E-state index contributed by atoms with van der Waals surface area (Å²) in [5.74, 6) is 0.953. The number of hydrogen-bond donors (Lipinski definition) is 1. The largest absolute Gasteiger partial charge is 0.488 e. The average Bonchev–Trinajstić information content (AvgIpc) is 2.47. The van der Waals surface area contributed by atoms with E-state index < -0.39 is 0 Å². The minimum atomic E-state index is 0.607. The van der Waals surface area contributed by atoms with Crippen molar-refractivity contribution in [3.8, 4) is 5.75 Å². The molecule has 0 heterocycles. The fraction of sp³-hybridized carbons (Fsp3) is 0.250. The van der Waals surface area contributed by atoms with E-state index in [1.54, 1.807) is 11.8 Å². The Balaban J connectivity index is 2.10. The van der Waals surface area contributed by atoms with Crippen LogP contribution in [0.15, 0.2) is 53.4 Å². The van der Waals surface area contributed by atoms with Crippen molar-refractivity contribution in [3.05, 3.63) is 59.7 Å². The van der Waals surface area contributed by atoms with E-state index >= 15 is 0 Å². The number of hydrogen-bond acceptors (Lipinski definition) is 3. The lowest BCUT2D eigenvalue weighted by atomic mass is 10.1. The van der Waals surface area contributed by atoms with Gasteiger partial charge in [-0.05, 0) is 36.6 Å². The van der Waals surface area contributed by atoms with E-state index in [2.05, 4.69) is 41.9 Å². The van der Waals surface area contributed by atoms with Crippen molar-refractivity contribution >= 4 is 11.8 Å². The van der Waals surface area contributed by atoms with Gasteiger partial charge in [0, 0.05) is 11.4 Å². The van der Waals surface area contributed by atoms with Gasteiger partial charge < -0.3 is 10.1 Å². The molecule has 0 amide bonds. The summed E-state index contributed by atoms with van der Waals surface area (Å²) in [6.45, 7) is 1.47. The van der Waals surface area contributed by atoms with Crippen LogP contribution >= 0.6 is 11.8 Å². The fourth-order valence-corrected chi connectivity index (χ4v) is 2.50. The smallest absolute Gasteiger partial charge is 0.133 e. The molecule has 2 aromatic carbocycles. The number of para-hydroxylation sites is 1. The lowest BCUT2D eigenvalue weighted by Crippen LogP contribution is -2.09. The maximum absolute atomic E-state index is 5.95. The minimum absolute atomic E-state index is 0.607. The topological polar surface area (TPSA) is 21.3 Å². The first-order valence-electron chi connectivity index (χ1n) is 6.32. The third-order valence-electron chi connectivity index (χ3n) is 2.94. The number of nitrogens with one attached hydrogen (secondary N) is 1. The molecule has 0 radical (unpaired) electrons. The van der Waals surface area contributed by atoms with Gasteiger partial charge in [-0.2, -0.15) is 0 Å². The summed E-state index contributed by atoms with van der Waals surface area (Å²) in [5.41, 5.74) is 2.51. The summed E-state index contributed by atoms with van der Waals surface area (Å²) in [5, 5.41) is 3.19. The molecule has 2 rings (SSSR count). The van der Waals surface area contributed by atoms with Gasteiger partial charge in [0.25, 0.3) is 0 Å². The zero-order valence-corrected chi connectivity index (χ0v) is 12.2. The molecular formula is C16H19NOS. The van der Waals surface area contributed by atoms with Gasteiger partial charge in [0.15, 0.2) is 0 Å².